The molecule has 0 aliphatic rings. The van der Waals surface area contributed by atoms with Gasteiger partial charge in [0.25, 0.3) is 0 Å². The van der Waals surface area contributed by atoms with Crippen LogP contribution in [0.15, 0.2) is 0 Å². The van der Waals surface area contributed by atoms with Gasteiger partial charge in [-0.3, -0.25) is 0 Å². The van der Waals surface area contributed by atoms with Crippen LogP contribution in [0.1, 0.15) is 0 Å². The zero-order chi connectivity index (χ0) is 14.1. The molecule has 0 amide bonds. The number of hydrogen-bond acceptors (Lipinski definition) is 10. The first kappa shape index (κ1) is 19.6. The monoisotopic (exact) mass is 370 g/mol. The molecular formula is C6H18O6S4Si2. The highest BCUT2D eigenvalue weighted by Gasteiger charge is 2.43. The van der Waals surface area contributed by atoms with Crippen molar-refractivity contribution in [3.8, 4) is 0 Å². The van der Waals surface area contributed by atoms with E-state index in [-0.39, 0.29) is 0 Å². The highest BCUT2D eigenvalue weighted by molar-refractivity contribution is 9.31. The van der Waals surface area contributed by atoms with Crippen LogP contribution >= 0.6 is 40.1 Å². The van der Waals surface area contributed by atoms with E-state index in [2.05, 4.69) is 0 Å². The molecule has 110 valence electrons. The van der Waals surface area contributed by atoms with Crippen LogP contribution in [-0.4, -0.2) is 58.6 Å². The van der Waals surface area contributed by atoms with Crippen molar-refractivity contribution in [3.63, 3.8) is 0 Å². The van der Waals surface area contributed by atoms with Crippen LogP contribution in [0.25, 0.3) is 0 Å². The van der Waals surface area contributed by atoms with Crippen LogP contribution in [0.4, 0.5) is 0 Å². The largest absolute Gasteiger partial charge is 0.584 e. The van der Waals surface area contributed by atoms with Crippen molar-refractivity contribution >= 4 is 56.0 Å². The molecule has 18 heavy (non-hydrogen) atoms. The van der Waals surface area contributed by atoms with Gasteiger partial charge in [0, 0.05) is 42.7 Å². The predicted octanol–water partition coefficient (Wildman–Crippen LogP) is 2.41. The van der Waals surface area contributed by atoms with Gasteiger partial charge in [-0.2, -0.15) is 0 Å². The van der Waals surface area contributed by atoms with Gasteiger partial charge in [0.15, 0.2) is 0 Å². The Bertz CT molecular complexity index is 180. The van der Waals surface area contributed by atoms with E-state index in [9.17, 15) is 0 Å². The zero-order valence-electron chi connectivity index (χ0n) is 11.1. The van der Waals surface area contributed by atoms with Gasteiger partial charge in [0.05, 0.1) is 0 Å². The lowest BCUT2D eigenvalue weighted by atomic mass is 11.8. The maximum atomic E-state index is 5.28. The molecular weight excluding hydrogens is 353 g/mol. The lowest BCUT2D eigenvalue weighted by molar-refractivity contribution is 0.152. The summed E-state index contributed by atoms with van der Waals surface area (Å²) >= 11 is 0. The lowest BCUT2D eigenvalue weighted by Crippen LogP contribution is -2.39. The molecule has 0 bridgehead atoms. The molecule has 0 unspecified atom stereocenters. The maximum Gasteiger partial charge on any atom is 0.584 e. The van der Waals surface area contributed by atoms with Crippen molar-refractivity contribution in [2.75, 3.05) is 42.7 Å². The smallest absolute Gasteiger partial charge is 0.368 e. The van der Waals surface area contributed by atoms with Crippen molar-refractivity contribution in [1.82, 2.24) is 0 Å². The second-order valence-electron chi connectivity index (χ2n) is 2.53. The summed E-state index contributed by atoms with van der Waals surface area (Å²) in [6.07, 6.45) is 0. The van der Waals surface area contributed by atoms with Crippen LogP contribution in [0.2, 0.25) is 0 Å². The Morgan fingerprint density at radius 1 is 0.500 bits per heavy atom. The quantitative estimate of drug-likeness (QED) is 0.308. The first-order valence-corrected chi connectivity index (χ1v) is 14.3. The SMILES string of the molecule is CO[Si](OC)(OC)SSSS[Si](OC)(OC)OC. The van der Waals surface area contributed by atoms with Gasteiger partial charge in [-0.05, 0) is 40.1 Å². The minimum Gasteiger partial charge on any atom is -0.368 e. The molecule has 0 aromatic rings. The predicted molar refractivity (Wildman–Crippen MR) is 83.9 cm³/mol. The molecule has 0 atom stereocenters. The van der Waals surface area contributed by atoms with Crippen molar-refractivity contribution in [2.45, 2.75) is 0 Å². The molecule has 0 radical (unpaired) electrons. The Kier molecular flexibility index (Phi) is 11.3. The van der Waals surface area contributed by atoms with E-state index in [1.54, 1.807) is 42.7 Å². The normalized spacial score (nSPS) is 13.0. The van der Waals surface area contributed by atoms with Crippen LogP contribution in [0.5, 0.6) is 0 Å². The molecule has 0 saturated heterocycles. The molecule has 0 heterocycles. The summed E-state index contributed by atoms with van der Waals surface area (Å²) in [7, 11) is 10.0. The first-order chi connectivity index (χ1) is 8.57. The van der Waals surface area contributed by atoms with E-state index < -0.39 is 15.9 Å². The molecule has 0 aliphatic heterocycles. The van der Waals surface area contributed by atoms with E-state index in [1.807, 2.05) is 0 Å². The van der Waals surface area contributed by atoms with E-state index >= 15 is 0 Å². The summed E-state index contributed by atoms with van der Waals surface area (Å²) in [6, 6.07) is 0. The molecule has 0 aromatic carbocycles. The molecule has 0 N–H and O–H groups in total. The third-order valence-corrected chi connectivity index (χ3v) is 20.8. The molecule has 6 nitrogen and oxygen atoms in total. The number of rotatable bonds is 11. The Balaban J connectivity index is 4.11. The topological polar surface area (TPSA) is 55.4 Å². The fraction of sp³-hybridized carbons (Fsp3) is 1.00. The molecule has 0 aromatic heterocycles. The van der Waals surface area contributed by atoms with Crippen LogP contribution in [0.3, 0.4) is 0 Å². The summed E-state index contributed by atoms with van der Waals surface area (Å²) < 4.78 is 31.7. The summed E-state index contributed by atoms with van der Waals surface area (Å²) in [4.78, 5) is 0. The van der Waals surface area contributed by atoms with Gasteiger partial charge >= 0.3 is 15.9 Å². The van der Waals surface area contributed by atoms with Crippen molar-refractivity contribution in [3.05, 3.63) is 0 Å². The third kappa shape index (κ3) is 5.93. The van der Waals surface area contributed by atoms with Gasteiger partial charge in [-0.25, -0.2) is 0 Å². The van der Waals surface area contributed by atoms with Gasteiger partial charge in [-0.1, -0.05) is 0 Å². The average molecular weight is 371 g/mol. The standard InChI is InChI=1S/C6H18O6S4Si2/c1-7-17(8-2,9-3)15-13-14-16-18(10-4,11-5)12-6/h1-6H3. The fourth-order valence-electron chi connectivity index (χ4n) is 0.815. The van der Waals surface area contributed by atoms with E-state index in [4.69, 9.17) is 26.6 Å². The second kappa shape index (κ2) is 10.3. The molecule has 0 fully saturated rings. The summed E-state index contributed by atoms with van der Waals surface area (Å²) in [5.74, 6) is 0. The van der Waals surface area contributed by atoms with Crippen LogP contribution in [0, 0.1) is 0 Å². The molecule has 0 rings (SSSR count). The summed E-state index contributed by atoms with van der Waals surface area (Å²) in [5, 5.41) is 0. The second-order valence-corrected chi connectivity index (χ2v) is 17.8. The highest BCUT2D eigenvalue weighted by atomic mass is 33.7. The highest BCUT2D eigenvalue weighted by Crippen LogP contribution is 2.50. The number of hydrogen-bond donors (Lipinski definition) is 0. The third-order valence-electron chi connectivity index (χ3n) is 1.80. The average Bonchev–Trinajstić information content (AvgIpc) is 2.45. The Morgan fingerprint density at radius 3 is 0.889 bits per heavy atom. The summed E-state index contributed by atoms with van der Waals surface area (Å²) in [5.41, 5.74) is 0. The Hall–Kier alpha value is 1.59. The van der Waals surface area contributed by atoms with Crippen molar-refractivity contribution < 1.29 is 26.6 Å². The summed E-state index contributed by atoms with van der Waals surface area (Å²) in [6.45, 7) is 0. The molecule has 0 saturated carbocycles. The zero-order valence-corrected chi connectivity index (χ0v) is 16.3. The van der Waals surface area contributed by atoms with E-state index in [0.29, 0.717) is 0 Å². The van der Waals surface area contributed by atoms with Crippen LogP contribution in [-0.2, 0) is 26.6 Å². The van der Waals surface area contributed by atoms with Crippen LogP contribution < -0.4 is 0 Å². The minimum atomic E-state index is -2.61. The Labute approximate surface area is 125 Å². The minimum absolute atomic E-state index is 1.43. The lowest BCUT2D eigenvalue weighted by Gasteiger charge is -2.23. The van der Waals surface area contributed by atoms with Crippen molar-refractivity contribution in [1.29, 1.82) is 0 Å². The Morgan fingerprint density at radius 2 is 0.722 bits per heavy atom. The molecule has 0 aliphatic carbocycles. The fourth-order valence-corrected chi connectivity index (χ4v) is 20.5. The van der Waals surface area contributed by atoms with E-state index in [1.165, 1.54) is 40.1 Å². The van der Waals surface area contributed by atoms with Gasteiger partial charge in [0.1, 0.15) is 0 Å². The first-order valence-electron chi connectivity index (χ1n) is 4.58. The molecule has 0 spiro atoms. The van der Waals surface area contributed by atoms with Gasteiger partial charge in [-0.15, -0.1) is 0 Å². The van der Waals surface area contributed by atoms with Gasteiger partial charge < -0.3 is 26.6 Å². The molecule has 12 heteroatoms. The maximum absolute atomic E-state index is 5.28. The van der Waals surface area contributed by atoms with E-state index in [0.717, 1.165) is 0 Å². The van der Waals surface area contributed by atoms with Gasteiger partial charge in [0.2, 0.25) is 0 Å². The van der Waals surface area contributed by atoms with Crippen molar-refractivity contribution in [2.24, 2.45) is 0 Å².